The van der Waals surface area contributed by atoms with Crippen LogP contribution in [-0.4, -0.2) is 5.71 Å². The van der Waals surface area contributed by atoms with Crippen LogP contribution in [0, 0.1) is 5.92 Å². The summed E-state index contributed by atoms with van der Waals surface area (Å²) >= 11 is 0. The Kier molecular flexibility index (Phi) is 19.8. The Labute approximate surface area is 589 Å². The molecule has 0 aliphatic heterocycles. The van der Waals surface area contributed by atoms with Gasteiger partial charge in [-0.15, -0.1) is 0 Å². The van der Waals surface area contributed by atoms with Crippen LogP contribution in [0.4, 0.5) is 91.0 Å². The van der Waals surface area contributed by atoms with Crippen LogP contribution in [0.2, 0.25) is 0 Å². The normalized spacial score (nSPS) is 13.6. The molecule has 0 aromatic heterocycles. The molecule has 0 saturated carbocycles. The predicted octanol–water partition coefficient (Wildman–Crippen LogP) is 25.8. The maximum Gasteiger partial charge on any atom is 0.0744 e. The molecule has 484 valence electrons. The summed E-state index contributed by atoms with van der Waals surface area (Å²) in [5.41, 5.74) is 22.5. The molecule has 2 aliphatic rings. The molecule has 0 spiro atoms. The van der Waals surface area contributed by atoms with E-state index in [1.165, 1.54) is 0 Å². The number of rotatable bonds is 23. The molecule has 0 radical (unpaired) electrons. The topological polar surface area (TPSA) is 31.8 Å². The minimum absolute atomic E-state index is 0.490. The lowest BCUT2D eigenvalue weighted by Gasteiger charge is -2.30. The summed E-state index contributed by atoms with van der Waals surface area (Å²) in [6, 6.07) is 118. The minimum Gasteiger partial charge on any atom is -0.311 e. The van der Waals surface area contributed by atoms with Crippen LogP contribution in [0.1, 0.15) is 25.3 Å². The summed E-state index contributed by atoms with van der Waals surface area (Å²) in [7, 11) is 0. The lowest BCUT2D eigenvalue weighted by Crippen LogP contribution is -2.18. The van der Waals surface area contributed by atoms with Crippen molar-refractivity contribution >= 4 is 96.7 Å². The molecule has 7 nitrogen and oxygen atoms in total. The van der Waals surface area contributed by atoms with Crippen molar-refractivity contribution in [2.24, 2.45) is 10.9 Å². The molecule has 0 heterocycles. The average molecular weight is 1290 g/mol. The monoisotopic (exact) mass is 1290 g/mol. The highest BCUT2D eigenvalue weighted by atomic mass is 15.2. The Hall–Kier alpha value is -13.0. The maximum atomic E-state index is 5.52. The van der Waals surface area contributed by atoms with Gasteiger partial charge in [0.1, 0.15) is 0 Å². The standard InChI is InChI=1S/C93H77N7/c1-4-28-75(5-2)95(76-32-15-7-16-33-76)85-55-57-91(58-56-85)100(92-69-61-87(62-70-92)97(79-38-21-10-22-39-79)80-40-23-11-24-41-80)84-53-48-73(49-54-84)93(94-74-30-13-6-14-31-74)72-29-27-44-82(52-47-72)99(89-65-59-86(60-66-89)96(77-34-17-8-18-35-77)78-36-19-9-20-37-78)90-67-63-88(64-68-90)98(81-42-25-12-26-43-81)83-50-45-71(3)46-51-83/h4-28,30-45,47-71H,1-2,29,46H2,3H3/b75-28+,94-93?. The van der Waals surface area contributed by atoms with Crippen molar-refractivity contribution in [3.8, 4) is 0 Å². The van der Waals surface area contributed by atoms with Crippen molar-refractivity contribution in [3.63, 3.8) is 0 Å². The summed E-state index contributed by atoms with van der Waals surface area (Å²) in [4.78, 5) is 19.3. The number of hydrogen-bond donors (Lipinski definition) is 0. The number of allylic oxidation sites excluding steroid dienone is 11. The third-order valence-corrected chi connectivity index (χ3v) is 17.9. The van der Waals surface area contributed by atoms with E-state index in [-0.39, 0.29) is 0 Å². The van der Waals surface area contributed by atoms with Gasteiger partial charge in [-0.3, -0.25) is 0 Å². The average Bonchev–Trinajstić information content (AvgIpc) is 1.07. The number of nitrogens with zero attached hydrogens (tertiary/aromatic N) is 7. The molecule has 2 aliphatic carbocycles. The fourth-order valence-corrected chi connectivity index (χ4v) is 13.0. The van der Waals surface area contributed by atoms with Crippen molar-refractivity contribution < 1.29 is 0 Å². The van der Waals surface area contributed by atoms with Crippen molar-refractivity contribution in [1.29, 1.82) is 0 Å². The SMILES string of the molecule is C=C/C=C(\C=C)N(c1ccccc1)c1ccc(N(c2ccc(C(=Nc3ccccc3)C3=CC=C(N(c4ccc(N(C5=CCC(C)C=C5)c5ccccc5)cc4)c4ccc(N(c5ccccc5)c5ccccc5)cc4)C=CC3)cc2)c2ccc(N(c3ccccc3)c3ccccc3)cc2)cc1. The van der Waals surface area contributed by atoms with Crippen LogP contribution in [0.25, 0.3) is 0 Å². The molecule has 0 fully saturated rings. The van der Waals surface area contributed by atoms with Gasteiger partial charge in [-0.25, -0.2) is 4.99 Å². The van der Waals surface area contributed by atoms with E-state index in [4.69, 9.17) is 4.99 Å². The molecule has 1 atom stereocenters. The van der Waals surface area contributed by atoms with E-state index in [0.29, 0.717) is 12.3 Å². The Morgan fingerprint density at radius 2 is 0.670 bits per heavy atom. The quantitative estimate of drug-likeness (QED) is 0.0469. The van der Waals surface area contributed by atoms with Crippen LogP contribution < -0.4 is 29.4 Å². The molecule has 1 unspecified atom stereocenters. The Morgan fingerprint density at radius 3 is 1.04 bits per heavy atom. The van der Waals surface area contributed by atoms with E-state index in [1.54, 1.807) is 6.08 Å². The first-order valence-corrected chi connectivity index (χ1v) is 34.1. The zero-order valence-electron chi connectivity index (χ0n) is 56.1. The highest BCUT2D eigenvalue weighted by molar-refractivity contribution is 6.14. The van der Waals surface area contributed by atoms with Crippen molar-refractivity contribution in [2.45, 2.75) is 19.8 Å². The second-order valence-electron chi connectivity index (χ2n) is 24.6. The molecule has 12 aromatic rings. The van der Waals surface area contributed by atoms with Gasteiger partial charge in [-0.05, 0) is 249 Å². The maximum absolute atomic E-state index is 5.52. The molecule has 0 bridgehead atoms. The highest BCUT2D eigenvalue weighted by Crippen LogP contribution is 2.44. The van der Waals surface area contributed by atoms with E-state index in [9.17, 15) is 0 Å². The van der Waals surface area contributed by atoms with Gasteiger partial charge in [-0.2, -0.15) is 0 Å². The molecule has 100 heavy (non-hydrogen) atoms. The fraction of sp³-hybridized carbons (Fsp3) is 0.0430. The predicted molar refractivity (Wildman–Crippen MR) is 425 cm³/mol. The Balaban J connectivity index is 0.851. The van der Waals surface area contributed by atoms with E-state index in [2.05, 4.69) is 414 Å². The van der Waals surface area contributed by atoms with Gasteiger partial charge in [0.05, 0.1) is 11.4 Å². The number of anilines is 15. The summed E-state index contributed by atoms with van der Waals surface area (Å²) < 4.78 is 0. The molecule has 0 saturated heterocycles. The van der Waals surface area contributed by atoms with Gasteiger partial charge in [-0.1, -0.05) is 190 Å². The molecular weight excluding hydrogens is 1220 g/mol. The van der Waals surface area contributed by atoms with Crippen LogP contribution in [0.5, 0.6) is 0 Å². The van der Waals surface area contributed by atoms with Gasteiger partial charge in [0, 0.05) is 108 Å². The van der Waals surface area contributed by atoms with Crippen LogP contribution in [0.15, 0.2) is 435 Å². The first-order valence-electron chi connectivity index (χ1n) is 34.1. The van der Waals surface area contributed by atoms with E-state index in [1.807, 2.05) is 24.3 Å². The smallest absolute Gasteiger partial charge is 0.0744 e. The minimum atomic E-state index is 0.490. The third-order valence-electron chi connectivity index (χ3n) is 17.9. The number of benzene rings is 12. The van der Waals surface area contributed by atoms with E-state index < -0.39 is 0 Å². The summed E-state index contributed by atoms with van der Waals surface area (Å²) in [6.45, 7) is 10.5. The summed E-state index contributed by atoms with van der Waals surface area (Å²) in [6.07, 6.45) is 23.2. The fourth-order valence-electron chi connectivity index (χ4n) is 13.0. The lowest BCUT2D eigenvalue weighted by atomic mass is 9.98. The Morgan fingerprint density at radius 1 is 0.350 bits per heavy atom. The van der Waals surface area contributed by atoms with Crippen molar-refractivity contribution in [3.05, 3.63) is 436 Å². The van der Waals surface area contributed by atoms with E-state index >= 15 is 0 Å². The van der Waals surface area contributed by atoms with E-state index in [0.717, 1.165) is 131 Å². The van der Waals surface area contributed by atoms with Gasteiger partial charge in [0.2, 0.25) is 0 Å². The van der Waals surface area contributed by atoms with Gasteiger partial charge < -0.3 is 29.4 Å². The second kappa shape index (κ2) is 30.8. The second-order valence-corrected chi connectivity index (χ2v) is 24.6. The summed E-state index contributed by atoms with van der Waals surface area (Å²) in [5.74, 6) is 0.490. The molecule has 12 aromatic carbocycles. The van der Waals surface area contributed by atoms with Gasteiger partial charge in [0.15, 0.2) is 0 Å². The molecule has 0 N–H and O–H groups in total. The first kappa shape index (κ1) is 64.4. The zero-order chi connectivity index (χ0) is 67.8. The molecule has 7 heteroatoms. The van der Waals surface area contributed by atoms with Crippen LogP contribution >= 0.6 is 0 Å². The van der Waals surface area contributed by atoms with Gasteiger partial charge >= 0.3 is 0 Å². The summed E-state index contributed by atoms with van der Waals surface area (Å²) in [5, 5.41) is 0. The molecular formula is C93H77N7. The highest BCUT2D eigenvalue weighted by Gasteiger charge is 2.23. The molecule has 0 amide bonds. The van der Waals surface area contributed by atoms with Crippen LogP contribution in [-0.2, 0) is 0 Å². The third kappa shape index (κ3) is 14.6. The molecule has 14 rings (SSSR count). The first-order chi connectivity index (χ1) is 49.4. The Bertz CT molecular complexity index is 4850. The zero-order valence-corrected chi connectivity index (χ0v) is 56.1. The van der Waals surface area contributed by atoms with Crippen molar-refractivity contribution in [2.75, 3.05) is 29.4 Å². The largest absolute Gasteiger partial charge is 0.311 e. The number of para-hydroxylation sites is 7. The number of aliphatic imine (C=N–C) groups is 1. The van der Waals surface area contributed by atoms with Gasteiger partial charge in [0.25, 0.3) is 0 Å². The lowest BCUT2D eigenvalue weighted by molar-refractivity contribution is 0.728. The number of hydrogen-bond acceptors (Lipinski definition) is 7. The van der Waals surface area contributed by atoms with Crippen molar-refractivity contribution in [1.82, 2.24) is 0 Å². The van der Waals surface area contributed by atoms with Crippen LogP contribution in [0.3, 0.4) is 0 Å².